The molecular formula is C28H52N2O6. The molecule has 0 aromatic rings. The van der Waals surface area contributed by atoms with Gasteiger partial charge in [0.1, 0.15) is 0 Å². The van der Waals surface area contributed by atoms with Crippen LogP contribution in [0.1, 0.15) is 99.3 Å². The molecule has 8 heteroatoms. The van der Waals surface area contributed by atoms with Gasteiger partial charge in [0.25, 0.3) is 0 Å². The summed E-state index contributed by atoms with van der Waals surface area (Å²) in [5, 5.41) is 30.4. The van der Waals surface area contributed by atoms with Crippen molar-refractivity contribution in [2.24, 2.45) is 17.8 Å². The average molecular weight is 513 g/mol. The van der Waals surface area contributed by atoms with Crippen LogP contribution in [0.15, 0.2) is 0 Å². The predicted octanol–water partition coefficient (Wildman–Crippen LogP) is 3.88. The molecule has 2 saturated heterocycles. The van der Waals surface area contributed by atoms with E-state index in [1.165, 1.54) is 0 Å². The number of carbonyl (C=O) groups is 2. The number of carboxylic acid groups (broad SMARTS) is 1. The highest BCUT2D eigenvalue weighted by Crippen LogP contribution is 2.41. The molecule has 210 valence electrons. The molecule has 0 amide bonds. The lowest BCUT2D eigenvalue weighted by Crippen LogP contribution is -2.63. The number of carboxylic acids is 1. The van der Waals surface area contributed by atoms with Crippen molar-refractivity contribution in [1.29, 1.82) is 0 Å². The highest BCUT2D eigenvalue weighted by molar-refractivity contribution is 5.73. The summed E-state index contributed by atoms with van der Waals surface area (Å²) in [4.78, 5) is 28.8. The third kappa shape index (κ3) is 7.00. The second-order valence-corrected chi connectivity index (χ2v) is 12.5. The van der Waals surface area contributed by atoms with Crippen LogP contribution in [-0.4, -0.2) is 86.7 Å². The second kappa shape index (κ2) is 12.5. The van der Waals surface area contributed by atoms with Crippen molar-refractivity contribution in [1.82, 2.24) is 9.80 Å². The number of ether oxygens (including phenoxy) is 1. The van der Waals surface area contributed by atoms with Crippen LogP contribution in [0.3, 0.4) is 0 Å². The zero-order valence-corrected chi connectivity index (χ0v) is 23.9. The van der Waals surface area contributed by atoms with Gasteiger partial charge in [-0.2, -0.15) is 0 Å². The topological polar surface area (TPSA) is 111 Å². The van der Waals surface area contributed by atoms with Gasteiger partial charge >= 0.3 is 11.9 Å². The fourth-order valence-electron chi connectivity index (χ4n) is 5.98. The lowest BCUT2D eigenvalue weighted by molar-refractivity contribution is -0.195. The van der Waals surface area contributed by atoms with Crippen LogP contribution in [0, 0.1) is 17.8 Å². The summed E-state index contributed by atoms with van der Waals surface area (Å²) in [6.45, 7) is 12.5. The normalized spacial score (nSPS) is 33.7. The van der Waals surface area contributed by atoms with Gasteiger partial charge in [0.2, 0.25) is 0 Å². The number of rotatable bonds is 11. The molecule has 2 aliphatic rings. The Morgan fingerprint density at radius 3 is 1.94 bits per heavy atom. The molecule has 2 rings (SSSR count). The molecule has 2 heterocycles. The first-order valence-electron chi connectivity index (χ1n) is 13.9. The van der Waals surface area contributed by atoms with Crippen molar-refractivity contribution < 1.29 is 29.6 Å². The molecule has 2 aliphatic heterocycles. The van der Waals surface area contributed by atoms with E-state index in [1.54, 1.807) is 0 Å². The van der Waals surface area contributed by atoms with E-state index in [9.17, 15) is 19.8 Å². The van der Waals surface area contributed by atoms with Crippen LogP contribution in [0.4, 0.5) is 0 Å². The van der Waals surface area contributed by atoms with Gasteiger partial charge in [-0.05, 0) is 67.0 Å². The Morgan fingerprint density at radius 2 is 1.36 bits per heavy atom. The Balaban J connectivity index is 2.14. The molecule has 36 heavy (non-hydrogen) atoms. The lowest BCUT2D eigenvalue weighted by atomic mass is 9.72. The standard InChI is InChI=1S/C28H52N2O6/c1-18-22(31)16-21(29(7)27(18,3)4)20(14-12-10-9-11-13-15-25(33)34)26(35)36-24-17-23(32)19(2)28(5,6)30(24)8/h18-24,31-32H,9-17H2,1-8H3,(H,33,34). The maximum atomic E-state index is 13.7. The number of aliphatic carboxylic acids is 1. The third-order valence-corrected chi connectivity index (χ3v) is 9.98. The highest BCUT2D eigenvalue weighted by Gasteiger charge is 2.49. The molecule has 0 aliphatic carbocycles. The third-order valence-electron chi connectivity index (χ3n) is 9.98. The van der Waals surface area contributed by atoms with E-state index in [1.807, 2.05) is 21.0 Å². The zero-order chi connectivity index (χ0) is 27.4. The predicted molar refractivity (Wildman–Crippen MR) is 140 cm³/mol. The number of aliphatic hydroxyl groups is 2. The van der Waals surface area contributed by atoms with Crippen LogP contribution in [-0.2, 0) is 14.3 Å². The summed E-state index contributed by atoms with van der Waals surface area (Å²) < 4.78 is 6.13. The molecular weight excluding hydrogens is 460 g/mol. The quantitative estimate of drug-likeness (QED) is 0.283. The zero-order valence-electron chi connectivity index (χ0n) is 23.9. The fourth-order valence-corrected chi connectivity index (χ4v) is 5.98. The van der Waals surface area contributed by atoms with E-state index < -0.39 is 24.4 Å². The number of hydrogen-bond donors (Lipinski definition) is 3. The van der Waals surface area contributed by atoms with E-state index in [-0.39, 0.29) is 47.3 Å². The molecule has 0 aromatic carbocycles. The molecule has 0 bridgehead atoms. The Bertz CT molecular complexity index is 742. The summed E-state index contributed by atoms with van der Waals surface area (Å²) in [6, 6.07) is -0.142. The monoisotopic (exact) mass is 512 g/mol. The number of carbonyl (C=O) groups excluding carboxylic acids is 1. The van der Waals surface area contributed by atoms with Gasteiger partial charge in [-0.15, -0.1) is 0 Å². The maximum absolute atomic E-state index is 13.7. The number of likely N-dealkylation sites (tertiary alicyclic amines) is 2. The first kappa shape index (κ1) is 31.0. The smallest absolute Gasteiger partial charge is 0.312 e. The number of nitrogens with zero attached hydrogens (tertiary/aromatic N) is 2. The minimum atomic E-state index is -0.760. The fraction of sp³-hybridized carbons (Fsp3) is 0.929. The van der Waals surface area contributed by atoms with Crippen molar-refractivity contribution in [2.75, 3.05) is 14.1 Å². The molecule has 0 saturated carbocycles. The van der Waals surface area contributed by atoms with Crippen molar-refractivity contribution >= 4 is 11.9 Å². The van der Waals surface area contributed by atoms with Crippen LogP contribution in [0.5, 0.6) is 0 Å². The first-order chi connectivity index (χ1) is 16.6. The summed E-state index contributed by atoms with van der Waals surface area (Å²) in [7, 11) is 3.99. The minimum Gasteiger partial charge on any atom is -0.481 e. The van der Waals surface area contributed by atoms with E-state index in [0.29, 0.717) is 25.7 Å². The van der Waals surface area contributed by atoms with Gasteiger partial charge in [0.05, 0.1) is 18.1 Å². The van der Waals surface area contributed by atoms with E-state index >= 15 is 0 Å². The lowest BCUT2D eigenvalue weighted by Gasteiger charge is -2.54. The molecule has 3 N–H and O–H groups in total. The van der Waals surface area contributed by atoms with Crippen LogP contribution in [0.2, 0.25) is 0 Å². The summed E-state index contributed by atoms with van der Waals surface area (Å²) in [5.41, 5.74) is -0.587. The number of hydrogen-bond acceptors (Lipinski definition) is 7. The minimum absolute atomic E-state index is 0.0521. The van der Waals surface area contributed by atoms with E-state index in [2.05, 4.69) is 44.4 Å². The molecule has 7 unspecified atom stereocenters. The first-order valence-corrected chi connectivity index (χ1v) is 13.9. The van der Waals surface area contributed by atoms with Gasteiger partial charge in [-0.3, -0.25) is 19.4 Å². The van der Waals surface area contributed by atoms with Crippen LogP contribution >= 0.6 is 0 Å². The molecule has 7 atom stereocenters. The van der Waals surface area contributed by atoms with Gasteiger partial charge in [0.15, 0.2) is 6.23 Å². The number of unbranched alkanes of at least 4 members (excludes halogenated alkanes) is 4. The molecule has 0 aromatic heterocycles. The van der Waals surface area contributed by atoms with Crippen LogP contribution < -0.4 is 0 Å². The van der Waals surface area contributed by atoms with Gasteiger partial charge in [0, 0.05) is 35.9 Å². The molecule has 2 fully saturated rings. The molecule has 0 radical (unpaired) electrons. The van der Waals surface area contributed by atoms with E-state index in [0.717, 1.165) is 25.7 Å². The Hall–Kier alpha value is -1.22. The van der Waals surface area contributed by atoms with Crippen molar-refractivity contribution in [3.8, 4) is 0 Å². The number of piperidine rings is 2. The van der Waals surface area contributed by atoms with Gasteiger partial charge in [-0.25, -0.2) is 0 Å². The van der Waals surface area contributed by atoms with Crippen molar-refractivity contribution in [2.45, 2.75) is 135 Å². The van der Waals surface area contributed by atoms with Crippen molar-refractivity contribution in [3.63, 3.8) is 0 Å². The highest BCUT2D eigenvalue weighted by atomic mass is 16.6. The van der Waals surface area contributed by atoms with Crippen molar-refractivity contribution in [3.05, 3.63) is 0 Å². The molecule has 0 spiro atoms. The summed E-state index contributed by atoms with van der Waals surface area (Å²) >= 11 is 0. The summed E-state index contributed by atoms with van der Waals surface area (Å²) in [5.74, 6) is -1.28. The number of aliphatic hydroxyl groups excluding tert-OH is 2. The Morgan fingerprint density at radius 1 is 0.861 bits per heavy atom. The van der Waals surface area contributed by atoms with Gasteiger partial charge in [-0.1, -0.05) is 39.5 Å². The SMILES string of the molecule is CC1C(O)CC(OC(=O)C(CCCCCCCC(=O)O)C2CC(O)C(C)C(C)(C)N2C)N(C)C1(C)C. The van der Waals surface area contributed by atoms with Crippen LogP contribution in [0.25, 0.3) is 0 Å². The second-order valence-electron chi connectivity index (χ2n) is 12.5. The molecule has 8 nitrogen and oxygen atoms in total. The summed E-state index contributed by atoms with van der Waals surface area (Å²) in [6.07, 6.45) is 4.46. The number of esters is 1. The average Bonchev–Trinajstić information content (AvgIpc) is 2.79. The Kier molecular flexibility index (Phi) is 10.8. The maximum Gasteiger partial charge on any atom is 0.312 e. The Labute approximate surface area is 218 Å². The van der Waals surface area contributed by atoms with Gasteiger partial charge < -0.3 is 20.1 Å². The van der Waals surface area contributed by atoms with E-state index in [4.69, 9.17) is 9.84 Å². The largest absolute Gasteiger partial charge is 0.481 e.